The Morgan fingerprint density at radius 3 is 2.67 bits per heavy atom. The molecule has 0 N–H and O–H groups in total. The predicted molar refractivity (Wildman–Crippen MR) is 96.7 cm³/mol. The Bertz CT molecular complexity index is 750. The molecular formula is C20H19BrO3. The number of ketones is 2. The maximum atomic E-state index is 12.0. The van der Waals surface area contributed by atoms with Crippen LogP contribution in [0.3, 0.4) is 0 Å². The summed E-state index contributed by atoms with van der Waals surface area (Å²) in [4.78, 5) is 23.8. The lowest BCUT2D eigenvalue weighted by Crippen LogP contribution is -2.14. The van der Waals surface area contributed by atoms with E-state index in [1.165, 1.54) is 0 Å². The Labute approximate surface area is 150 Å². The van der Waals surface area contributed by atoms with Gasteiger partial charge in [-0.1, -0.05) is 28.1 Å². The quantitative estimate of drug-likeness (QED) is 0.731. The van der Waals surface area contributed by atoms with Crippen LogP contribution in [0.15, 0.2) is 46.9 Å². The fourth-order valence-corrected chi connectivity index (χ4v) is 3.15. The summed E-state index contributed by atoms with van der Waals surface area (Å²) in [5.74, 6) is 0.945. The summed E-state index contributed by atoms with van der Waals surface area (Å²) < 4.78 is 6.64. The molecule has 0 bridgehead atoms. The molecule has 0 aromatic heterocycles. The Morgan fingerprint density at radius 2 is 1.88 bits per heavy atom. The molecule has 0 unspecified atom stereocenters. The average Bonchev–Trinajstić information content (AvgIpc) is 2.59. The number of halogens is 1. The largest absolute Gasteiger partial charge is 0.486 e. The van der Waals surface area contributed by atoms with Gasteiger partial charge in [-0.2, -0.15) is 0 Å². The van der Waals surface area contributed by atoms with Crippen molar-refractivity contribution in [3.05, 3.63) is 63.6 Å². The first-order chi connectivity index (χ1) is 11.6. The van der Waals surface area contributed by atoms with E-state index in [1.807, 2.05) is 36.4 Å². The summed E-state index contributed by atoms with van der Waals surface area (Å²) in [6.45, 7) is 0.0727. The highest BCUT2D eigenvalue weighted by Crippen LogP contribution is 2.25. The van der Waals surface area contributed by atoms with Crippen molar-refractivity contribution in [3.8, 4) is 5.75 Å². The van der Waals surface area contributed by atoms with Crippen LogP contribution in [0, 0.1) is 0 Å². The van der Waals surface area contributed by atoms with Gasteiger partial charge in [0.25, 0.3) is 0 Å². The third-order valence-corrected chi connectivity index (χ3v) is 4.76. The van der Waals surface area contributed by atoms with Gasteiger partial charge in [0.15, 0.2) is 11.6 Å². The molecule has 2 aromatic rings. The highest BCUT2D eigenvalue weighted by Gasteiger charge is 2.17. The second-order valence-corrected chi connectivity index (χ2v) is 6.97. The van der Waals surface area contributed by atoms with Crippen LogP contribution in [-0.2, 0) is 17.6 Å². The van der Waals surface area contributed by atoms with Gasteiger partial charge >= 0.3 is 0 Å². The fourth-order valence-electron chi connectivity index (χ4n) is 2.88. The number of Topliss-reactive ketones (excluding diaryl/α,β-unsaturated/α-hetero) is 2. The normalized spacial score (nSPS) is 13.5. The number of benzene rings is 2. The molecule has 1 aliphatic rings. The first-order valence-corrected chi connectivity index (χ1v) is 8.96. The van der Waals surface area contributed by atoms with Crippen LogP contribution in [0.1, 0.15) is 40.7 Å². The molecule has 124 valence electrons. The number of aryl methyl sites for hydroxylation is 2. The summed E-state index contributed by atoms with van der Waals surface area (Å²) in [5, 5.41) is 0. The second kappa shape index (κ2) is 7.75. The summed E-state index contributed by atoms with van der Waals surface area (Å²) in [6.07, 6.45) is 3.60. The molecule has 0 radical (unpaired) electrons. The SMILES string of the molecule is O=C(CCc1ccc(Br)cc1)COc1ccc2c(c1)CCCC2=O. The van der Waals surface area contributed by atoms with Crippen molar-refractivity contribution in [2.24, 2.45) is 0 Å². The van der Waals surface area contributed by atoms with E-state index in [-0.39, 0.29) is 18.2 Å². The first kappa shape index (κ1) is 16.9. The fraction of sp³-hybridized carbons (Fsp3) is 0.300. The van der Waals surface area contributed by atoms with Crippen LogP contribution >= 0.6 is 15.9 Å². The Balaban J connectivity index is 1.51. The van der Waals surface area contributed by atoms with E-state index in [4.69, 9.17) is 4.74 Å². The Morgan fingerprint density at radius 1 is 1.08 bits per heavy atom. The summed E-state index contributed by atoms with van der Waals surface area (Å²) in [6, 6.07) is 13.5. The monoisotopic (exact) mass is 386 g/mol. The van der Waals surface area contributed by atoms with Gasteiger partial charge < -0.3 is 4.74 Å². The van der Waals surface area contributed by atoms with Gasteiger partial charge in [0.05, 0.1) is 0 Å². The van der Waals surface area contributed by atoms with Crippen molar-refractivity contribution in [3.63, 3.8) is 0 Å². The molecule has 0 aliphatic heterocycles. The summed E-state index contributed by atoms with van der Waals surface area (Å²) in [7, 11) is 0. The lowest BCUT2D eigenvalue weighted by Gasteiger charge is -2.15. The van der Waals surface area contributed by atoms with Crippen LogP contribution in [0.2, 0.25) is 0 Å². The molecule has 0 fully saturated rings. The highest BCUT2D eigenvalue weighted by molar-refractivity contribution is 9.10. The molecule has 3 nitrogen and oxygen atoms in total. The molecule has 0 saturated heterocycles. The van der Waals surface area contributed by atoms with Crippen molar-refractivity contribution >= 4 is 27.5 Å². The Kier molecular flexibility index (Phi) is 5.46. The van der Waals surface area contributed by atoms with Crippen LogP contribution in [0.25, 0.3) is 0 Å². The number of fused-ring (bicyclic) bond motifs is 1. The first-order valence-electron chi connectivity index (χ1n) is 8.17. The van der Waals surface area contributed by atoms with E-state index in [0.29, 0.717) is 25.0 Å². The molecule has 0 heterocycles. The van der Waals surface area contributed by atoms with Gasteiger partial charge in [0.1, 0.15) is 12.4 Å². The molecule has 1 aliphatic carbocycles. The van der Waals surface area contributed by atoms with Crippen molar-refractivity contribution in [2.75, 3.05) is 6.61 Å². The number of carbonyl (C=O) groups is 2. The number of ether oxygens (including phenoxy) is 1. The molecule has 0 saturated carbocycles. The Hall–Kier alpha value is -1.94. The van der Waals surface area contributed by atoms with Gasteiger partial charge in [0, 0.05) is 22.9 Å². The summed E-state index contributed by atoms with van der Waals surface area (Å²) >= 11 is 3.40. The van der Waals surface area contributed by atoms with Crippen LogP contribution in [-0.4, -0.2) is 18.2 Å². The molecule has 3 rings (SSSR count). The van der Waals surface area contributed by atoms with Gasteiger partial charge in [0.2, 0.25) is 0 Å². The molecule has 0 spiro atoms. The lowest BCUT2D eigenvalue weighted by atomic mass is 9.90. The van der Waals surface area contributed by atoms with E-state index in [0.717, 1.165) is 34.0 Å². The van der Waals surface area contributed by atoms with E-state index < -0.39 is 0 Å². The smallest absolute Gasteiger partial charge is 0.170 e. The minimum atomic E-state index is 0.0727. The molecule has 0 amide bonds. The number of rotatable bonds is 6. The zero-order chi connectivity index (χ0) is 16.9. The summed E-state index contributed by atoms with van der Waals surface area (Å²) in [5.41, 5.74) is 2.97. The van der Waals surface area contributed by atoms with Crippen molar-refractivity contribution in [2.45, 2.75) is 32.1 Å². The van der Waals surface area contributed by atoms with Gasteiger partial charge in [-0.3, -0.25) is 9.59 Å². The minimum Gasteiger partial charge on any atom is -0.486 e. The number of hydrogen-bond acceptors (Lipinski definition) is 3. The van der Waals surface area contributed by atoms with E-state index >= 15 is 0 Å². The third kappa shape index (κ3) is 4.32. The molecule has 24 heavy (non-hydrogen) atoms. The average molecular weight is 387 g/mol. The van der Waals surface area contributed by atoms with Crippen LogP contribution in [0.4, 0.5) is 0 Å². The van der Waals surface area contributed by atoms with E-state index in [1.54, 1.807) is 6.07 Å². The molecular weight excluding hydrogens is 368 g/mol. The highest BCUT2D eigenvalue weighted by atomic mass is 79.9. The third-order valence-electron chi connectivity index (χ3n) is 4.23. The topological polar surface area (TPSA) is 43.4 Å². The van der Waals surface area contributed by atoms with Crippen molar-refractivity contribution in [1.29, 1.82) is 0 Å². The standard InChI is InChI=1S/C20H19BrO3/c21-16-7-4-14(5-8-16)6-9-17(22)13-24-18-10-11-19-15(12-18)2-1-3-20(19)23/h4-5,7-8,10-12H,1-3,6,9,13H2. The molecule has 2 aromatic carbocycles. The van der Waals surface area contributed by atoms with Crippen LogP contribution in [0.5, 0.6) is 5.75 Å². The number of hydrogen-bond donors (Lipinski definition) is 0. The van der Waals surface area contributed by atoms with Gasteiger partial charge in [-0.25, -0.2) is 0 Å². The maximum Gasteiger partial charge on any atom is 0.170 e. The maximum absolute atomic E-state index is 12.0. The van der Waals surface area contributed by atoms with E-state index in [9.17, 15) is 9.59 Å². The van der Waals surface area contributed by atoms with Crippen molar-refractivity contribution in [1.82, 2.24) is 0 Å². The zero-order valence-electron chi connectivity index (χ0n) is 13.4. The van der Waals surface area contributed by atoms with Gasteiger partial charge in [-0.15, -0.1) is 0 Å². The van der Waals surface area contributed by atoms with E-state index in [2.05, 4.69) is 15.9 Å². The second-order valence-electron chi connectivity index (χ2n) is 6.05. The van der Waals surface area contributed by atoms with Gasteiger partial charge in [-0.05, 0) is 60.7 Å². The van der Waals surface area contributed by atoms with Crippen LogP contribution < -0.4 is 4.74 Å². The number of carbonyl (C=O) groups excluding carboxylic acids is 2. The predicted octanol–water partition coefficient (Wildman–Crippen LogP) is 4.55. The minimum absolute atomic E-state index is 0.0727. The zero-order valence-corrected chi connectivity index (χ0v) is 15.0. The lowest BCUT2D eigenvalue weighted by molar-refractivity contribution is -0.121. The van der Waals surface area contributed by atoms with Crippen molar-refractivity contribution < 1.29 is 14.3 Å². The molecule has 0 atom stereocenters. The molecule has 4 heteroatoms.